The number of piperazine rings is 1. The SMILES string of the molecule is CCC1CN(CCC(N)c2ccc(C)c(F)c2)CCN1C. The number of nitrogens with zero attached hydrogens (tertiary/aromatic N) is 2. The van der Waals surface area contributed by atoms with Crippen molar-refractivity contribution >= 4 is 0 Å². The maximum absolute atomic E-state index is 13.6. The van der Waals surface area contributed by atoms with Crippen molar-refractivity contribution < 1.29 is 4.39 Å². The largest absolute Gasteiger partial charge is 0.324 e. The summed E-state index contributed by atoms with van der Waals surface area (Å²) in [5.41, 5.74) is 7.80. The van der Waals surface area contributed by atoms with E-state index in [9.17, 15) is 4.39 Å². The highest BCUT2D eigenvalue weighted by Gasteiger charge is 2.23. The van der Waals surface area contributed by atoms with Gasteiger partial charge in [0.1, 0.15) is 5.82 Å². The molecule has 1 fully saturated rings. The molecule has 0 radical (unpaired) electrons. The predicted molar refractivity (Wildman–Crippen MR) is 85.8 cm³/mol. The fourth-order valence-corrected chi connectivity index (χ4v) is 2.98. The van der Waals surface area contributed by atoms with E-state index < -0.39 is 0 Å². The summed E-state index contributed by atoms with van der Waals surface area (Å²) in [6, 6.07) is 5.90. The van der Waals surface area contributed by atoms with Crippen molar-refractivity contribution in [2.45, 2.75) is 38.8 Å². The molecule has 21 heavy (non-hydrogen) atoms. The minimum Gasteiger partial charge on any atom is -0.324 e. The van der Waals surface area contributed by atoms with Gasteiger partial charge < -0.3 is 15.5 Å². The first kappa shape index (κ1) is 16.4. The molecule has 2 rings (SSSR count). The summed E-state index contributed by atoms with van der Waals surface area (Å²) < 4.78 is 13.6. The molecular formula is C17H28FN3. The molecule has 118 valence electrons. The Morgan fingerprint density at radius 3 is 2.81 bits per heavy atom. The Bertz CT molecular complexity index is 463. The highest BCUT2D eigenvalue weighted by atomic mass is 19.1. The fourth-order valence-electron chi connectivity index (χ4n) is 2.98. The van der Waals surface area contributed by atoms with Gasteiger partial charge in [-0.1, -0.05) is 19.1 Å². The van der Waals surface area contributed by atoms with Gasteiger partial charge in [-0.25, -0.2) is 4.39 Å². The number of likely N-dealkylation sites (N-methyl/N-ethyl adjacent to an activating group) is 1. The third-order valence-corrected chi connectivity index (χ3v) is 4.71. The van der Waals surface area contributed by atoms with Crippen LogP contribution in [-0.2, 0) is 0 Å². The van der Waals surface area contributed by atoms with Gasteiger partial charge in [-0.3, -0.25) is 0 Å². The number of hydrogen-bond acceptors (Lipinski definition) is 3. The Kier molecular flexibility index (Phi) is 5.73. The minimum atomic E-state index is -0.159. The molecule has 2 atom stereocenters. The van der Waals surface area contributed by atoms with Crippen LogP contribution in [0.3, 0.4) is 0 Å². The van der Waals surface area contributed by atoms with E-state index in [-0.39, 0.29) is 11.9 Å². The van der Waals surface area contributed by atoms with Gasteiger partial charge in [0, 0.05) is 38.3 Å². The van der Waals surface area contributed by atoms with Crippen LogP contribution < -0.4 is 5.73 Å². The maximum Gasteiger partial charge on any atom is 0.126 e. The lowest BCUT2D eigenvalue weighted by atomic mass is 10.0. The smallest absolute Gasteiger partial charge is 0.126 e. The molecule has 0 spiro atoms. The predicted octanol–water partition coefficient (Wildman–Crippen LogP) is 2.55. The molecule has 3 nitrogen and oxygen atoms in total. The second kappa shape index (κ2) is 7.34. The van der Waals surface area contributed by atoms with Gasteiger partial charge in [-0.05, 0) is 44.0 Å². The average molecular weight is 293 g/mol. The highest BCUT2D eigenvalue weighted by Crippen LogP contribution is 2.19. The lowest BCUT2D eigenvalue weighted by Crippen LogP contribution is -2.51. The molecule has 1 heterocycles. The van der Waals surface area contributed by atoms with Crippen molar-refractivity contribution in [2.24, 2.45) is 5.73 Å². The van der Waals surface area contributed by atoms with E-state index in [1.807, 2.05) is 12.1 Å². The molecule has 2 unspecified atom stereocenters. The molecule has 2 N–H and O–H groups in total. The van der Waals surface area contributed by atoms with Crippen molar-refractivity contribution in [3.63, 3.8) is 0 Å². The van der Waals surface area contributed by atoms with Crippen molar-refractivity contribution in [3.05, 3.63) is 35.1 Å². The summed E-state index contributed by atoms with van der Waals surface area (Å²) in [6.07, 6.45) is 2.06. The molecule has 1 aliphatic rings. The molecule has 4 heteroatoms. The van der Waals surface area contributed by atoms with Gasteiger partial charge in [0.05, 0.1) is 0 Å². The number of benzene rings is 1. The van der Waals surface area contributed by atoms with Crippen molar-refractivity contribution in [3.8, 4) is 0 Å². The Labute approximate surface area is 127 Å². The van der Waals surface area contributed by atoms with Gasteiger partial charge in [0.15, 0.2) is 0 Å². The van der Waals surface area contributed by atoms with Crippen LogP contribution >= 0.6 is 0 Å². The average Bonchev–Trinajstić information content (AvgIpc) is 2.48. The molecule has 0 aromatic heterocycles. The normalized spacial score (nSPS) is 22.4. The van der Waals surface area contributed by atoms with Crippen LogP contribution in [-0.4, -0.2) is 49.1 Å². The number of nitrogens with two attached hydrogens (primary N) is 1. The van der Waals surface area contributed by atoms with Crippen LogP contribution in [0.5, 0.6) is 0 Å². The third kappa shape index (κ3) is 4.25. The van der Waals surface area contributed by atoms with E-state index in [1.165, 1.54) is 6.42 Å². The van der Waals surface area contributed by atoms with E-state index in [0.717, 1.165) is 38.2 Å². The van der Waals surface area contributed by atoms with Crippen LogP contribution in [0, 0.1) is 12.7 Å². The second-order valence-electron chi connectivity index (χ2n) is 6.25. The number of aryl methyl sites for hydroxylation is 1. The Balaban J connectivity index is 1.86. The summed E-state index contributed by atoms with van der Waals surface area (Å²) in [5, 5.41) is 0. The van der Waals surface area contributed by atoms with Crippen molar-refractivity contribution in [1.29, 1.82) is 0 Å². The molecule has 1 aromatic carbocycles. The van der Waals surface area contributed by atoms with Crippen LogP contribution in [0.2, 0.25) is 0 Å². The lowest BCUT2D eigenvalue weighted by Gasteiger charge is -2.39. The first-order valence-corrected chi connectivity index (χ1v) is 7.95. The molecule has 0 amide bonds. The van der Waals surface area contributed by atoms with Crippen molar-refractivity contribution in [1.82, 2.24) is 9.80 Å². The summed E-state index contributed by atoms with van der Waals surface area (Å²) in [6.45, 7) is 8.34. The number of rotatable bonds is 5. The Morgan fingerprint density at radius 2 is 2.14 bits per heavy atom. The quantitative estimate of drug-likeness (QED) is 0.905. The van der Waals surface area contributed by atoms with Gasteiger partial charge >= 0.3 is 0 Å². The van der Waals surface area contributed by atoms with Gasteiger partial charge in [0.25, 0.3) is 0 Å². The molecule has 1 aliphatic heterocycles. The minimum absolute atomic E-state index is 0.0835. The summed E-state index contributed by atoms with van der Waals surface area (Å²) in [5.74, 6) is -0.159. The zero-order valence-corrected chi connectivity index (χ0v) is 13.5. The van der Waals surface area contributed by atoms with E-state index in [1.54, 1.807) is 13.0 Å². The van der Waals surface area contributed by atoms with E-state index in [4.69, 9.17) is 5.73 Å². The molecule has 1 saturated heterocycles. The van der Waals surface area contributed by atoms with Crippen LogP contribution in [0.15, 0.2) is 18.2 Å². The third-order valence-electron chi connectivity index (χ3n) is 4.71. The van der Waals surface area contributed by atoms with Crippen LogP contribution in [0.25, 0.3) is 0 Å². The highest BCUT2D eigenvalue weighted by molar-refractivity contribution is 5.25. The Hall–Kier alpha value is -0.970. The monoisotopic (exact) mass is 293 g/mol. The maximum atomic E-state index is 13.6. The van der Waals surface area contributed by atoms with Crippen molar-refractivity contribution in [2.75, 3.05) is 33.2 Å². The standard InChI is InChI=1S/C17H28FN3/c1-4-15-12-21(10-9-20(15)3)8-7-17(19)14-6-5-13(2)16(18)11-14/h5-6,11,15,17H,4,7-10,12,19H2,1-3H3. The van der Waals surface area contributed by atoms with Gasteiger partial charge in [-0.15, -0.1) is 0 Å². The second-order valence-corrected chi connectivity index (χ2v) is 6.25. The first-order chi connectivity index (χ1) is 10.0. The molecule has 0 aliphatic carbocycles. The molecule has 1 aromatic rings. The van der Waals surface area contributed by atoms with Crippen LogP contribution in [0.4, 0.5) is 4.39 Å². The molecular weight excluding hydrogens is 265 g/mol. The summed E-state index contributed by atoms with van der Waals surface area (Å²) >= 11 is 0. The topological polar surface area (TPSA) is 32.5 Å². The molecule has 0 saturated carbocycles. The van der Waals surface area contributed by atoms with E-state index >= 15 is 0 Å². The number of hydrogen-bond donors (Lipinski definition) is 1. The van der Waals surface area contributed by atoms with E-state index in [0.29, 0.717) is 11.6 Å². The Morgan fingerprint density at radius 1 is 1.38 bits per heavy atom. The zero-order chi connectivity index (χ0) is 15.4. The van der Waals surface area contributed by atoms with Gasteiger partial charge in [0.2, 0.25) is 0 Å². The number of halogens is 1. The van der Waals surface area contributed by atoms with E-state index in [2.05, 4.69) is 23.8 Å². The lowest BCUT2D eigenvalue weighted by molar-refractivity contribution is 0.0911. The summed E-state index contributed by atoms with van der Waals surface area (Å²) in [4.78, 5) is 4.92. The zero-order valence-electron chi connectivity index (χ0n) is 13.5. The first-order valence-electron chi connectivity index (χ1n) is 7.95. The summed E-state index contributed by atoms with van der Waals surface area (Å²) in [7, 11) is 2.20. The van der Waals surface area contributed by atoms with Crippen LogP contribution in [0.1, 0.15) is 36.9 Å². The van der Waals surface area contributed by atoms with Gasteiger partial charge in [-0.2, -0.15) is 0 Å². The molecule has 0 bridgehead atoms. The fraction of sp³-hybridized carbons (Fsp3) is 0.647.